The molecule has 1 aromatic carbocycles. The van der Waals surface area contributed by atoms with Crippen molar-refractivity contribution < 1.29 is 9.53 Å². The third kappa shape index (κ3) is 7.40. The number of aromatic nitrogens is 1. The molecule has 0 fully saturated rings. The number of benzene rings is 1. The van der Waals surface area contributed by atoms with Crippen molar-refractivity contribution in [1.82, 2.24) is 4.98 Å². The summed E-state index contributed by atoms with van der Waals surface area (Å²) in [7, 11) is 0. The first-order valence-electron chi connectivity index (χ1n) is 6.93. The van der Waals surface area contributed by atoms with Gasteiger partial charge in [-0.05, 0) is 36.6 Å². The van der Waals surface area contributed by atoms with Crippen LogP contribution in [0, 0.1) is 0 Å². The van der Waals surface area contributed by atoms with Crippen LogP contribution >= 0.6 is 36.6 Å². The summed E-state index contributed by atoms with van der Waals surface area (Å²) >= 11 is 1.67. The number of thioether (sulfide) groups is 1. The molecule has 2 aromatic rings. The van der Waals surface area contributed by atoms with Crippen LogP contribution in [0.25, 0.3) is 0 Å². The maximum Gasteiger partial charge on any atom is 0.241 e. The van der Waals surface area contributed by atoms with E-state index in [0.717, 1.165) is 5.75 Å². The number of rotatable bonds is 7. The number of hydrogen-bond donors (Lipinski definition) is 2. The maximum absolute atomic E-state index is 11.9. The Balaban J connectivity index is 0.00000264. The van der Waals surface area contributed by atoms with Gasteiger partial charge in [0.1, 0.15) is 5.75 Å². The number of nitrogens with one attached hydrogen (secondary N) is 1. The number of hydrogen-bond acceptors (Lipinski definition) is 5. The zero-order valence-electron chi connectivity index (χ0n) is 13.2. The molecule has 0 spiro atoms. The van der Waals surface area contributed by atoms with Gasteiger partial charge in [-0.25, -0.2) is 4.98 Å². The van der Waals surface area contributed by atoms with Gasteiger partial charge in [-0.15, -0.1) is 24.8 Å². The molecule has 0 bridgehead atoms. The number of carbonyl (C=O) groups is 1. The van der Waals surface area contributed by atoms with Crippen molar-refractivity contribution in [2.24, 2.45) is 5.73 Å². The molecule has 2 rings (SSSR count). The second-order valence-corrected chi connectivity index (χ2v) is 5.66. The summed E-state index contributed by atoms with van der Waals surface area (Å²) in [6.07, 6.45) is 4.19. The number of nitrogens with two attached hydrogens (primary N) is 1. The van der Waals surface area contributed by atoms with Gasteiger partial charge in [-0.1, -0.05) is 18.2 Å². The van der Waals surface area contributed by atoms with E-state index in [0.29, 0.717) is 23.7 Å². The summed E-state index contributed by atoms with van der Waals surface area (Å²) < 4.78 is 5.59. The molecule has 3 N–H and O–H groups in total. The average Bonchev–Trinajstić information content (AvgIpc) is 2.55. The van der Waals surface area contributed by atoms with Gasteiger partial charge in [-0.2, -0.15) is 11.8 Å². The molecule has 0 aliphatic rings. The highest BCUT2D eigenvalue weighted by atomic mass is 35.5. The Morgan fingerprint density at radius 3 is 2.54 bits per heavy atom. The number of carbonyl (C=O) groups excluding carboxylic acids is 1. The fourth-order valence-corrected chi connectivity index (χ4v) is 2.22. The largest absolute Gasteiger partial charge is 0.439 e. The number of pyridine rings is 1. The zero-order chi connectivity index (χ0) is 15.8. The molecule has 132 valence electrons. The lowest BCUT2D eigenvalue weighted by Crippen LogP contribution is -2.36. The molecule has 1 aromatic heterocycles. The highest BCUT2D eigenvalue weighted by Crippen LogP contribution is 2.19. The van der Waals surface area contributed by atoms with E-state index in [4.69, 9.17) is 10.5 Å². The first-order valence-corrected chi connectivity index (χ1v) is 8.33. The molecule has 5 nitrogen and oxygen atoms in total. The molecule has 8 heteroatoms. The SMILES string of the molecule is CSCC[C@H](N)C(=O)Nc1ccc(Oc2ccccc2)nc1.Cl.Cl. The minimum Gasteiger partial charge on any atom is -0.439 e. The summed E-state index contributed by atoms with van der Waals surface area (Å²) in [6, 6.07) is 12.3. The fourth-order valence-electron chi connectivity index (χ4n) is 1.73. The van der Waals surface area contributed by atoms with Gasteiger partial charge in [0.15, 0.2) is 0 Å². The number of ether oxygens (including phenoxy) is 1. The molecule has 1 amide bonds. The molecular weight excluding hydrogens is 369 g/mol. The Morgan fingerprint density at radius 2 is 1.96 bits per heavy atom. The number of halogens is 2. The summed E-state index contributed by atoms with van der Waals surface area (Å²) in [4.78, 5) is 16.1. The van der Waals surface area contributed by atoms with Gasteiger partial charge < -0.3 is 15.8 Å². The van der Waals surface area contributed by atoms with Crippen LogP contribution < -0.4 is 15.8 Å². The molecule has 1 atom stereocenters. The van der Waals surface area contributed by atoms with Crippen molar-refractivity contribution in [3.8, 4) is 11.6 Å². The smallest absolute Gasteiger partial charge is 0.241 e. The van der Waals surface area contributed by atoms with Gasteiger partial charge in [-0.3, -0.25) is 4.79 Å². The fraction of sp³-hybridized carbons (Fsp3) is 0.250. The van der Waals surface area contributed by atoms with Gasteiger partial charge >= 0.3 is 0 Å². The Hall–Kier alpha value is -1.47. The van der Waals surface area contributed by atoms with E-state index < -0.39 is 6.04 Å². The van der Waals surface area contributed by atoms with E-state index in [2.05, 4.69) is 10.3 Å². The van der Waals surface area contributed by atoms with Crippen LogP contribution in [0.5, 0.6) is 11.6 Å². The topological polar surface area (TPSA) is 77.2 Å². The molecule has 0 unspecified atom stereocenters. The van der Waals surface area contributed by atoms with E-state index in [9.17, 15) is 4.79 Å². The number of amides is 1. The van der Waals surface area contributed by atoms with Crippen LogP contribution in [0.3, 0.4) is 0 Å². The predicted octanol–water partition coefficient (Wildman–Crippen LogP) is 3.74. The lowest BCUT2D eigenvalue weighted by molar-refractivity contribution is -0.117. The molecular formula is C16H21Cl2N3O2S. The van der Waals surface area contributed by atoms with Gasteiger partial charge in [0.25, 0.3) is 0 Å². The third-order valence-corrected chi connectivity index (χ3v) is 3.58. The Bertz CT molecular complexity index is 600. The van der Waals surface area contributed by atoms with Crippen LogP contribution in [0.15, 0.2) is 48.7 Å². The van der Waals surface area contributed by atoms with Crippen LogP contribution in [0.1, 0.15) is 6.42 Å². The molecule has 0 saturated heterocycles. The van der Waals surface area contributed by atoms with Crippen LogP contribution in [-0.4, -0.2) is 28.9 Å². The van der Waals surface area contributed by atoms with Gasteiger partial charge in [0.05, 0.1) is 17.9 Å². The lowest BCUT2D eigenvalue weighted by atomic mass is 10.2. The lowest BCUT2D eigenvalue weighted by Gasteiger charge is -2.11. The second kappa shape index (κ2) is 12.0. The molecule has 0 saturated carbocycles. The first kappa shape index (κ1) is 22.5. The molecule has 0 aliphatic heterocycles. The van der Waals surface area contributed by atoms with Crippen LogP contribution in [0.2, 0.25) is 0 Å². The van der Waals surface area contributed by atoms with E-state index in [-0.39, 0.29) is 30.7 Å². The molecule has 0 aliphatic carbocycles. The minimum absolute atomic E-state index is 0. The maximum atomic E-state index is 11.9. The molecule has 1 heterocycles. The van der Waals surface area contributed by atoms with Crippen molar-refractivity contribution in [1.29, 1.82) is 0 Å². The zero-order valence-corrected chi connectivity index (χ0v) is 15.6. The van der Waals surface area contributed by atoms with E-state index in [1.807, 2.05) is 36.6 Å². The summed E-state index contributed by atoms with van der Waals surface area (Å²) in [5, 5.41) is 2.75. The van der Waals surface area contributed by atoms with Crippen molar-refractivity contribution in [2.45, 2.75) is 12.5 Å². The number of nitrogens with zero attached hydrogens (tertiary/aromatic N) is 1. The molecule has 0 radical (unpaired) electrons. The minimum atomic E-state index is -0.507. The average molecular weight is 390 g/mol. The Labute approximate surface area is 158 Å². The van der Waals surface area contributed by atoms with Crippen molar-refractivity contribution in [2.75, 3.05) is 17.3 Å². The summed E-state index contributed by atoms with van der Waals surface area (Å²) in [5.74, 6) is 1.84. The van der Waals surface area contributed by atoms with Crippen LogP contribution in [-0.2, 0) is 4.79 Å². The van der Waals surface area contributed by atoms with E-state index in [1.165, 1.54) is 0 Å². The highest BCUT2D eigenvalue weighted by molar-refractivity contribution is 7.98. The molecule has 24 heavy (non-hydrogen) atoms. The van der Waals surface area contributed by atoms with Crippen LogP contribution in [0.4, 0.5) is 5.69 Å². The number of para-hydroxylation sites is 1. The quantitative estimate of drug-likeness (QED) is 0.753. The first-order chi connectivity index (χ1) is 10.7. The highest BCUT2D eigenvalue weighted by Gasteiger charge is 2.13. The third-order valence-electron chi connectivity index (χ3n) is 2.94. The van der Waals surface area contributed by atoms with Crippen molar-refractivity contribution in [3.63, 3.8) is 0 Å². The summed E-state index contributed by atoms with van der Waals surface area (Å²) in [5.41, 5.74) is 6.41. The Morgan fingerprint density at radius 1 is 1.25 bits per heavy atom. The normalized spacial score (nSPS) is 10.8. The van der Waals surface area contributed by atoms with Gasteiger partial charge in [0.2, 0.25) is 11.8 Å². The number of anilines is 1. The van der Waals surface area contributed by atoms with Crippen molar-refractivity contribution >= 4 is 48.2 Å². The monoisotopic (exact) mass is 389 g/mol. The standard InChI is InChI=1S/C16H19N3O2S.2ClH/c1-22-10-9-14(17)16(20)19-12-7-8-15(18-11-12)21-13-5-3-2-4-6-13;;/h2-8,11,14H,9-10,17H2,1H3,(H,19,20);2*1H/t14-;;/m0../s1. The van der Waals surface area contributed by atoms with Gasteiger partial charge in [0, 0.05) is 6.07 Å². The van der Waals surface area contributed by atoms with Crippen molar-refractivity contribution in [3.05, 3.63) is 48.7 Å². The predicted molar refractivity (Wildman–Crippen MR) is 105 cm³/mol. The second-order valence-electron chi connectivity index (χ2n) is 4.68. The van der Waals surface area contributed by atoms with E-state index in [1.54, 1.807) is 30.1 Å². The Kier molecular flexibility index (Phi) is 11.2. The van der Waals surface area contributed by atoms with E-state index >= 15 is 0 Å². The summed E-state index contributed by atoms with van der Waals surface area (Å²) in [6.45, 7) is 0.